The van der Waals surface area contributed by atoms with Crippen molar-refractivity contribution < 1.29 is 0 Å². The molecule has 0 heterocycles. The van der Waals surface area contributed by atoms with Crippen LogP contribution < -0.4 is 0 Å². The highest BCUT2D eigenvalue weighted by Gasteiger charge is 2.14. The molecule has 0 saturated heterocycles. The fourth-order valence-electron chi connectivity index (χ4n) is 3.45. The number of hydrogen-bond donors (Lipinski definition) is 0. The minimum absolute atomic E-state index is 0.948. The van der Waals surface area contributed by atoms with E-state index in [1.54, 1.807) is 0 Å². The Morgan fingerprint density at radius 3 is 2.11 bits per heavy atom. The summed E-state index contributed by atoms with van der Waals surface area (Å²) in [5.74, 6) is 3.04. The maximum absolute atomic E-state index is 2.42. The van der Waals surface area contributed by atoms with E-state index in [-0.39, 0.29) is 0 Å². The molecule has 1 rings (SSSR count). The van der Waals surface area contributed by atoms with E-state index >= 15 is 0 Å². The summed E-state index contributed by atoms with van der Waals surface area (Å²) in [5.41, 5.74) is 0. The van der Waals surface area contributed by atoms with E-state index in [1.165, 1.54) is 77.0 Å². The molecule has 0 aliphatic heterocycles. The summed E-state index contributed by atoms with van der Waals surface area (Å²) in [6.07, 6.45) is 17.8. The van der Waals surface area contributed by atoms with Crippen molar-refractivity contribution in [1.29, 1.82) is 0 Å². The van der Waals surface area contributed by atoms with Crippen molar-refractivity contribution in [3.63, 3.8) is 0 Å². The molecule has 0 nitrogen and oxygen atoms in total. The van der Waals surface area contributed by atoms with Crippen LogP contribution in [0.5, 0.6) is 0 Å². The predicted molar refractivity (Wildman–Crippen MR) is 82.9 cm³/mol. The van der Waals surface area contributed by atoms with Gasteiger partial charge in [0.2, 0.25) is 0 Å². The van der Waals surface area contributed by atoms with Crippen LogP contribution in [-0.2, 0) is 0 Å². The summed E-state index contributed by atoms with van der Waals surface area (Å²) >= 11 is 0. The zero-order valence-electron chi connectivity index (χ0n) is 13.2. The first-order valence-corrected chi connectivity index (χ1v) is 8.76. The molecule has 3 atom stereocenters. The maximum Gasteiger partial charge on any atom is -0.0414 e. The second-order valence-corrected chi connectivity index (χ2v) is 6.80. The van der Waals surface area contributed by atoms with Gasteiger partial charge in [0.1, 0.15) is 0 Å². The molecule has 0 aromatic heterocycles. The molecule has 3 unspecified atom stereocenters. The van der Waals surface area contributed by atoms with Gasteiger partial charge in [-0.25, -0.2) is 0 Å². The molecule has 1 fully saturated rings. The van der Waals surface area contributed by atoms with E-state index in [0.29, 0.717) is 0 Å². The monoisotopic (exact) mass is 252 g/mol. The summed E-state index contributed by atoms with van der Waals surface area (Å²) in [5, 5.41) is 0. The lowest BCUT2D eigenvalue weighted by Crippen LogP contribution is -2.08. The molecule has 108 valence electrons. The maximum atomic E-state index is 2.42. The SMILES string of the molecule is CCC(C)CCC1CCCCCC(CC)CCC1. The average molecular weight is 252 g/mol. The molecule has 18 heavy (non-hydrogen) atoms. The summed E-state index contributed by atoms with van der Waals surface area (Å²) in [6.45, 7) is 7.15. The standard InChI is InChI=1S/C18H36/c1-4-16(3)14-15-18-11-8-6-7-10-17(5-2)12-9-13-18/h16-18H,4-15H2,1-3H3. The summed E-state index contributed by atoms with van der Waals surface area (Å²) in [7, 11) is 0. The Kier molecular flexibility index (Phi) is 8.80. The van der Waals surface area contributed by atoms with E-state index in [0.717, 1.165) is 17.8 Å². The van der Waals surface area contributed by atoms with Crippen LogP contribution in [0.25, 0.3) is 0 Å². The highest BCUT2D eigenvalue weighted by molar-refractivity contribution is 4.67. The lowest BCUT2D eigenvalue weighted by Gasteiger charge is -2.22. The van der Waals surface area contributed by atoms with Crippen LogP contribution in [0.2, 0.25) is 0 Å². The van der Waals surface area contributed by atoms with Gasteiger partial charge in [-0.2, -0.15) is 0 Å². The minimum atomic E-state index is 0.948. The zero-order chi connectivity index (χ0) is 13.2. The van der Waals surface area contributed by atoms with E-state index in [4.69, 9.17) is 0 Å². The topological polar surface area (TPSA) is 0 Å². The van der Waals surface area contributed by atoms with Crippen molar-refractivity contribution >= 4 is 0 Å². The summed E-state index contributed by atoms with van der Waals surface area (Å²) < 4.78 is 0. The van der Waals surface area contributed by atoms with Crippen molar-refractivity contribution in [3.8, 4) is 0 Å². The van der Waals surface area contributed by atoms with Crippen LogP contribution in [0.1, 0.15) is 97.8 Å². The largest absolute Gasteiger partial charge is 0.0651 e. The molecule has 0 aromatic carbocycles. The molecule has 0 radical (unpaired) electrons. The molecule has 1 saturated carbocycles. The fraction of sp³-hybridized carbons (Fsp3) is 1.00. The van der Waals surface area contributed by atoms with Crippen LogP contribution in [0, 0.1) is 17.8 Å². The molecule has 0 N–H and O–H groups in total. The predicted octanol–water partition coefficient (Wildman–Crippen LogP) is 6.59. The van der Waals surface area contributed by atoms with Crippen molar-refractivity contribution in [1.82, 2.24) is 0 Å². The third-order valence-electron chi connectivity index (χ3n) is 5.29. The van der Waals surface area contributed by atoms with Crippen LogP contribution in [0.3, 0.4) is 0 Å². The van der Waals surface area contributed by atoms with Crippen molar-refractivity contribution in [3.05, 3.63) is 0 Å². The molecule has 0 spiro atoms. The smallest absolute Gasteiger partial charge is 0.0414 e. The Morgan fingerprint density at radius 2 is 1.44 bits per heavy atom. The van der Waals surface area contributed by atoms with Crippen LogP contribution >= 0.6 is 0 Å². The molecular formula is C18H36. The average Bonchev–Trinajstić information content (AvgIpc) is 2.41. The normalized spacial score (nSPS) is 28.8. The first-order chi connectivity index (χ1) is 8.76. The van der Waals surface area contributed by atoms with Crippen molar-refractivity contribution in [2.75, 3.05) is 0 Å². The van der Waals surface area contributed by atoms with Crippen LogP contribution in [-0.4, -0.2) is 0 Å². The molecule has 0 heteroatoms. The third-order valence-corrected chi connectivity index (χ3v) is 5.29. The van der Waals surface area contributed by atoms with Gasteiger partial charge in [-0.3, -0.25) is 0 Å². The molecule has 0 bridgehead atoms. The van der Waals surface area contributed by atoms with E-state index in [9.17, 15) is 0 Å². The highest BCUT2D eigenvalue weighted by Crippen LogP contribution is 2.29. The summed E-state index contributed by atoms with van der Waals surface area (Å²) in [6, 6.07) is 0. The third kappa shape index (κ3) is 6.81. The Labute approximate surface area is 116 Å². The van der Waals surface area contributed by atoms with Crippen LogP contribution in [0.15, 0.2) is 0 Å². The first-order valence-electron chi connectivity index (χ1n) is 8.76. The van der Waals surface area contributed by atoms with Gasteiger partial charge < -0.3 is 0 Å². The van der Waals surface area contributed by atoms with E-state index in [2.05, 4.69) is 20.8 Å². The number of rotatable bonds is 5. The van der Waals surface area contributed by atoms with Gasteiger partial charge in [-0.1, -0.05) is 97.8 Å². The van der Waals surface area contributed by atoms with Crippen molar-refractivity contribution in [2.45, 2.75) is 97.8 Å². The summed E-state index contributed by atoms with van der Waals surface area (Å²) in [4.78, 5) is 0. The van der Waals surface area contributed by atoms with E-state index < -0.39 is 0 Å². The second-order valence-electron chi connectivity index (χ2n) is 6.80. The van der Waals surface area contributed by atoms with Gasteiger partial charge in [0.05, 0.1) is 0 Å². The lowest BCUT2D eigenvalue weighted by atomic mass is 9.84. The van der Waals surface area contributed by atoms with Gasteiger partial charge in [-0.15, -0.1) is 0 Å². The van der Waals surface area contributed by atoms with Gasteiger partial charge in [0, 0.05) is 0 Å². The Balaban J connectivity index is 2.28. The Hall–Kier alpha value is 0. The minimum Gasteiger partial charge on any atom is -0.0651 e. The zero-order valence-corrected chi connectivity index (χ0v) is 13.2. The Morgan fingerprint density at radius 1 is 0.833 bits per heavy atom. The molecule has 0 aromatic rings. The quantitative estimate of drug-likeness (QED) is 0.518. The van der Waals surface area contributed by atoms with Crippen LogP contribution in [0.4, 0.5) is 0 Å². The molecule has 0 amide bonds. The molecule has 1 aliphatic carbocycles. The van der Waals surface area contributed by atoms with Gasteiger partial charge in [0.15, 0.2) is 0 Å². The van der Waals surface area contributed by atoms with Gasteiger partial charge in [-0.05, 0) is 17.8 Å². The van der Waals surface area contributed by atoms with E-state index in [1.807, 2.05) is 0 Å². The number of hydrogen-bond acceptors (Lipinski definition) is 0. The highest BCUT2D eigenvalue weighted by atomic mass is 14.2. The molecular weight excluding hydrogens is 216 g/mol. The van der Waals surface area contributed by atoms with Gasteiger partial charge >= 0.3 is 0 Å². The van der Waals surface area contributed by atoms with Gasteiger partial charge in [0.25, 0.3) is 0 Å². The van der Waals surface area contributed by atoms with Crippen molar-refractivity contribution in [2.24, 2.45) is 17.8 Å². The lowest BCUT2D eigenvalue weighted by molar-refractivity contribution is 0.306. The fourth-order valence-corrected chi connectivity index (χ4v) is 3.45. The Bertz CT molecular complexity index is 184. The molecule has 1 aliphatic rings. The second kappa shape index (κ2) is 9.87. The first kappa shape index (κ1) is 16.1.